The van der Waals surface area contributed by atoms with Crippen LogP contribution in [0.15, 0.2) is 48.5 Å². The fourth-order valence-electron chi connectivity index (χ4n) is 2.89. The minimum atomic E-state index is -0.617. The molecular formula is C23H28Cl2N2O3. The zero-order valence-corrected chi connectivity index (χ0v) is 19.0. The van der Waals surface area contributed by atoms with Gasteiger partial charge in [-0.15, -0.1) is 0 Å². The first-order chi connectivity index (χ1) is 14.3. The second-order valence-electron chi connectivity index (χ2n) is 7.36. The molecule has 2 aromatic rings. The number of hydrogen-bond donors (Lipinski definition) is 1. The summed E-state index contributed by atoms with van der Waals surface area (Å²) in [7, 11) is 0. The molecule has 2 aromatic carbocycles. The van der Waals surface area contributed by atoms with Gasteiger partial charge in [0.2, 0.25) is 11.8 Å². The van der Waals surface area contributed by atoms with Crippen LogP contribution in [0.5, 0.6) is 5.75 Å². The maximum absolute atomic E-state index is 13.0. The lowest BCUT2D eigenvalue weighted by atomic mass is 10.1. The summed E-state index contributed by atoms with van der Waals surface area (Å²) in [6.07, 6.45) is 0.788. The Morgan fingerprint density at radius 3 is 2.33 bits per heavy atom. The number of halogens is 2. The first-order valence-corrected chi connectivity index (χ1v) is 10.7. The Morgan fingerprint density at radius 2 is 1.70 bits per heavy atom. The molecule has 2 rings (SSSR count). The molecule has 2 amide bonds. The third-order valence-corrected chi connectivity index (χ3v) is 5.13. The fraction of sp³-hybridized carbons (Fsp3) is 0.391. The highest BCUT2D eigenvalue weighted by atomic mass is 35.5. The van der Waals surface area contributed by atoms with Crippen LogP contribution < -0.4 is 10.1 Å². The topological polar surface area (TPSA) is 58.6 Å². The molecule has 0 radical (unpaired) electrons. The van der Waals surface area contributed by atoms with Crippen molar-refractivity contribution in [2.75, 3.05) is 6.61 Å². The van der Waals surface area contributed by atoms with Crippen molar-refractivity contribution in [2.24, 2.45) is 0 Å². The van der Waals surface area contributed by atoms with Crippen LogP contribution in [0.1, 0.15) is 39.2 Å². The van der Waals surface area contributed by atoms with Gasteiger partial charge in [-0.1, -0.05) is 41.4 Å². The number of ether oxygens (including phenoxy) is 1. The highest BCUT2D eigenvalue weighted by Gasteiger charge is 2.26. The van der Waals surface area contributed by atoms with Crippen molar-refractivity contribution in [1.82, 2.24) is 10.2 Å². The molecule has 1 unspecified atom stereocenters. The molecule has 0 saturated carbocycles. The Bertz CT molecular complexity index is 841. The van der Waals surface area contributed by atoms with Crippen LogP contribution in [0, 0.1) is 0 Å². The van der Waals surface area contributed by atoms with Gasteiger partial charge in [-0.25, -0.2) is 0 Å². The second-order valence-corrected chi connectivity index (χ2v) is 8.20. The van der Waals surface area contributed by atoms with Gasteiger partial charge in [0.05, 0.1) is 6.61 Å². The van der Waals surface area contributed by atoms with Crippen molar-refractivity contribution in [2.45, 2.75) is 52.2 Å². The molecule has 30 heavy (non-hydrogen) atoms. The monoisotopic (exact) mass is 450 g/mol. The van der Waals surface area contributed by atoms with Crippen molar-refractivity contribution < 1.29 is 14.3 Å². The highest BCUT2D eigenvalue weighted by Crippen LogP contribution is 2.20. The lowest BCUT2D eigenvalue weighted by Gasteiger charge is -2.29. The van der Waals surface area contributed by atoms with E-state index in [1.54, 1.807) is 42.2 Å². The van der Waals surface area contributed by atoms with E-state index in [0.29, 0.717) is 28.8 Å². The van der Waals surface area contributed by atoms with Crippen LogP contribution in [0.4, 0.5) is 0 Å². The quantitative estimate of drug-likeness (QED) is 0.512. The van der Waals surface area contributed by atoms with Gasteiger partial charge in [0.15, 0.2) is 0 Å². The molecule has 1 atom stereocenters. The maximum atomic E-state index is 13.0. The minimum Gasteiger partial charge on any atom is -0.494 e. The first kappa shape index (κ1) is 24.0. The van der Waals surface area contributed by atoms with Crippen LogP contribution in [0.2, 0.25) is 10.0 Å². The van der Waals surface area contributed by atoms with Crippen molar-refractivity contribution in [3.05, 3.63) is 64.1 Å². The lowest BCUT2D eigenvalue weighted by Crippen LogP contribution is -2.49. The van der Waals surface area contributed by atoms with E-state index >= 15 is 0 Å². The largest absolute Gasteiger partial charge is 0.494 e. The Hall–Kier alpha value is -2.24. The number of nitrogens with one attached hydrogen (secondary N) is 1. The summed E-state index contributed by atoms with van der Waals surface area (Å²) >= 11 is 12.1. The second kappa shape index (κ2) is 11.8. The zero-order chi connectivity index (χ0) is 22.1. The summed E-state index contributed by atoms with van der Waals surface area (Å²) in [6.45, 7) is 6.16. The van der Waals surface area contributed by atoms with E-state index in [9.17, 15) is 9.59 Å². The summed E-state index contributed by atoms with van der Waals surface area (Å²) < 4.78 is 5.66. The number of rotatable bonds is 10. The van der Waals surface area contributed by atoms with Gasteiger partial charge in [0.1, 0.15) is 11.8 Å². The smallest absolute Gasteiger partial charge is 0.242 e. The molecule has 0 fully saturated rings. The highest BCUT2D eigenvalue weighted by molar-refractivity contribution is 6.31. The number of hydrogen-bond acceptors (Lipinski definition) is 3. The lowest BCUT2D eigenvalue weighted by molar-refractivity contribution is -0.141. The van der Waals surface area contributed by atoms with E-state index in [2.05, 4.69) is 5.32 Å². The number of carbonyl (C=O) groups is 2. The van der Waals surface area contributed by atoms with Crippen LogP contribution in [0.3, 0.4) is 0 Å². The molecule has 1 N–H and O–H groups in total. The summed E-state index contributed by atoms with van der Waals surface area (Å²) in [5.41, 5.74) is 0.800. The van der Waals surface area contributed by atoms with Gasteiger partial charge < -0.3 is 15.0 Å². The molecule has 0 aliphatic rings. The summed E-state index contributed by atoms with van der Waals surface area (Å²) in [5, 5.41) is 4.08. The number of amides is 2. The standard InChI is InChI=1S/C23H28Cl2N2O3/c1-16(2)26-23(29)17(3)27(15-18-7-4-5-8-21(18)25)22(28)9-6-14-30-20-12-10-19(24)11-13-20/h4-5,7-8,10-13,16-17H,6,9,14-15H2,1-3H3,(H,26,29). The Kier molecular flexibility index (Phi) is 9.47. The minimum absolute atomic E-state index is 0.00927. The van der Waals surface area contributed by atoms with E-state index in [1.165, 1.54) is 0 Å². The maximum Gasteiger partial charge on any atom is 0.242 e. The van der Waals surface area contributed by atoms with Gasteiger partial charge in [-0.3, -0.25) is 9.59 Å². The molecule has 0 spiro atoms. The molecule has 7 heteroatoms. The normalized spacial score (nSPS) is 11.8. The molecule has 0 aliphatic heterocycles. The predicted octanol–water partition coefficient (Wildman–Crippen LogP) is 5.09. The molecule has 0 saturated heterocycles. The number of nitrogens with zero attached hydrogens (tertiary/aromatic N) is 1. The molecule has 0 bridgehead atoms. The summed E-state index contributed by atoms with van der Waals surface area (Å²) in [6, 6.07) is 13.8. The van der Waals surface area contributed by atoms with Gasteiger partial charge in [0, 0.05) is 29.1 Å². The van der Waals surface area contributed by atoms with Crippen molar-refractivity contribution in [1.29, 1.82) is 0 Å². The molecule has 162 valence electrons. The van der Waals surface area contributed by atoms with Gasteiger partial charge in [0.25, 0.3) is 0 Å². The van der Waals surface area contributed by atoms with Gasteiger partial charge in [-0.05, 0) is 63.1 Å². The van der Waals surface area contributed by atoms with E-state index in [1.807, 2.05) is 32.0 Å². The summed E-state index contributed by atoms with van der Waals surface area (Å²) in [4.78, 5) is 27.1. The third-order valence-electron chi connectivity index (χ3n) is 4.51. The molecular weight excluding hydrogens is 423 g/mol. The third kappa shape index (κ3) is 7.54. The van der Waals surface area contributed by atoms with Crippen LogP contribution in [0.25, 0.3) is 0 Å². The Balaban J connectivity index is 2.00. The first-order valence-electron chi connectivity index (χ1n) is 9.99. The number of benzene rings is 2. The van der Waals surface area contributed by atoms with Gasteiger partial charge >= 0.3 is 0 Å². The van der Waals surface area contributed by atoms with E-state index in [-0.39, 0.29) is 30.8 Å². The van der Waals surface area contributed by atoms with Crippen LogP contribution in [-0.4, -0.2) is 35.4 Å². The average Bonchev–Trinajstić information content (AvgIpc) is 2.70. The van der Waals surface area contributed by atoms with E-state index in [0.717, 1.165) is 5.56 Å². The van der Waals surface area contributed by atoms with E-state index in [4.69, 9.17) is 27.9 Å². The summed E-state index contributed by atoms with van der Waals surface area (Å²) in [5.74, 6) is 0.383. The van der Waals surface area contributed by atoms with Crippen LogP contribution >= 0.6 is 23.2 Å². The van der Waals surface area contributed by atoms with Crippen LogP contribution in [-0.2, 0) is 16.1 Å². The molecule has 0 aliphatic carbocycles. The number of carbonyl (C=O) groups excluding carboxylic acids is 2. The molecule has 0 aromatic heterocycles. The molecule has 0 heterocycles. The Morgan fingerprint density at radius 1 is 1.03 bits per heavy atom. The Labute approximate surface area is 188 Å². The SMILES string of the molecule is CC(C)NC(=O)C(C)N(Cc1ccccc1Cl)C(=O)CCCOc1ccc(Cl)cc1. The molecule has 5 nitrogen and oxygen atoms in total. The van der Waals surface area contributed by atoms with Crippen molar-refractivity contribution >= 4 is 35.0 Å². The average molecular weight is 451 g/mol. The van der Waals surface area contributed by atoms with E-state index < -0.39 is 6.04 Å². The van der Waals surface area contributed by atoms with Gasteiger partial charge in [-0.2, -0.15) is 0 Å². The van der Waals surface area contributed by atoms with Crippen molar-refractivity contribution in [3.63, 3.8) is 0 Å². The van der Waals surface area contributed by atoms with Crippen molar-refractivity contribution in [3.8, 4) is 5.75 Å². The predicted molar refractivity (Wildman–Crippen MR) is 121 cm³/mol. The fourth-order valence-corrected chi connectivity index (χ4v) is 3.21. The zero-order valence-electron chi connectivity index (χ0n) is 17.5.